The summed E-state index contributed by atoms with van der Waals surface area (Å²) in [4.78, 5) is 12.6. The molecular formula is C22H26FNO4. The van der Waals surface area contributed by atoms with E-state index in [1.54, 1.807) is 12.1 Å². The molecule has 3 N–H and O–H groups in total. The van der Waals surface area contributed by atoms with Gasteiger partial charge in [0.25, 0.3) is 5.91 Å². The van der Waals surface area contributed by atoms with Crippen LogP contribution < -0.4 is 5.32 Å². The first-order valence-corrected chi connectivity index (χ1v) is 9.55. The Morgan fingerprint density at radius 1 is 1.18 bits per heavy atom. The van der Waals surface area contributed by atoms with Crippen molar-refractivity contribution in [2.24, 2.45) is 0 Å². The fraction of sp³-hybridized carbons (Fsp3) is 0.409. The molecule has 0 aromatic heterocycles. The molecule has 1 amide bonds. The third-order valence-corrected chi connectivity index (χ3v) is 5.11. The van der Waals surface area contributed by atoms with Gasteiger partial charge in [0.2, 0.25) is 0 Å². The lowest BCUT2D eigenvalue weighted by Gasteiger charge is -2.42. The van der Waals surface area contributed by atoms with Crippen molar-refractivity contribution in [3.8, 4) is 0 Å². The number of aliphatic hydroxyl groups is 2. The first-order valence-electron chi connectivity index (χ1n) is 9.55. The molecule has 6 heteroatoms. The number of halogens is 1. The summed E-state index contributed by atoms with van der Waals surface area (Å²) >= 11 is 0. The van der Waals surface area contributed by atoms with Gasteiger partial charge in [0.1, 0.15) is 11.4 Å². The lowest BCUT2D eigenvalue weighted by atomic mass is 9.76. The molecular weight excluding hydrogens is 361 g/mol. The van der Waals surface area contributed by atoms with Gasteiger partial charge in [-0.15, -0.1) is 0 Å². The maximum atomic E-state index is 13.2. The number of carbonyl (C=O) groups excluding carboxylic acids is 1. The van der Waals surface area contributed by atoms with E-state index in [4.69, 9.17) is 9.84 Å². The predicted molar refractivity (Wildman–Crippen MR) is 103 cm³/mol. The van der Waals surface area contributed by atoms with Gasteiger partial charge < -0.3 is 20.3 Å². The molecule has 150 valence electrons. The maximum Gasteiger partial charge on any atom is 0.252 e. The highest BCUT2D eigenvalue weighted by Gasteiger charge is 2.49. The summed E-state index contributed by atoms with van der Waals surface area (Å²) < 4.78 is 18.9. The third-order valence-electron chi connectivity index (χ3n) is 5.11. The van der Waals surface area contributed by atoms with Gasteiger partial charge in [-0.2, -0.15) is 0 Å². The Morgan fingerprint density at radius 2 is 1.86 bits per heavy atom. The molecule has 5 nitrogen and oxygen atoms in total. The van der Waals surface area contributed by atoms with E-state index in [1.807, 2.05) is 30.3 Å². The van der Waals surface area contributed by atoms with Crippen molar-refractivity contribution >= 4 is 5.91 Å². The lowest BCUT2D eigenvalue weighted by Crippen LogP contribution is -2.58. The quantitative estimate of drug-likeness (QED) is 0.618. The fourth-order valence-electron chi connectivity index (χ4n) is 3.39. The van der Waals surface area contributed by atoms with Crippen molar-refractivity contribution < 1.29 is 24.1 Å². The van der Waals surface area contributed by atoms with E-state index in [-0.39, 0.29) is 31.4 Å². The van der Waals surface area contributed by atoms with Crippen LogP contribution in [0.2, 0.25) is 0 Å². The average Bonchev–Trinajstić information content (AvgIpc) is 2.69. The Bertz CT molecular complexity index is 760. The highest BCUT2D eigenvalue weighted by molar-refractivity contribution is 5.86. The number of ether oxygens (including phenoxy) is 1. The molecule has 0 unspecified atom stereocenters. The smallest absolute Gasteiger partial charge is 0.252 e. The summed E-state index contributed by atoms with van der Waals surface area (Å²) in [5.74, 6) is -0.814. The van der Waals surface area contributed by atoms with Gasteiger partial charge in [0, 0.05) is 19.4 Å². The van der Waals surface area contributed by atoms with E-state index in [9.17, 15) is 14.3 Å². The predicted octanol–water partition coefficient (Wildman–Crippen LogP) is 2.87. The van der Waals surface area contributed by atoms with Gasteiger partial charge in [0.15, 0.2) is 0 Å². The first kappa shape index (κ1) is 20.5. The molecule has 1 aliphatic carbocycles. The van der Waals surface area contributed by atoms with E-state index >= 15 is 0 Å². The van der Waals surface area contributed by atoms with Crippen molar-refractivity contribution in [2.45, 2.75) is 50.0 Å². The van der Waals surface area contributed by atoms with Gasteiger partial charge in [-0.25, -0.2) is 4.39 Å². The Labute approximate surface area is 164 Å². The second-order valence-electron chi connectivity index (χ2n) is 7.30. The summed E-state index contributed by atoms with van der Waals surface area (Å²) in [6.45, 7) is 0.436. The summed E-state index contributed by atoms with van der Waals surface area (Å²) in [5, 5.41) is 22.6. The third kappa shape index (κ3) is 5.16. The van der Waals surface area contributed by atoms with Gasteiger partial charge in [0.05, 0.1) is 18.8 Å². The Morgan fingerprint density at radius 3 is 2.50 bits per heavy atom. The molecule has 3 rings (SSSR count). The van der Waals surface area contributed by atoms with Crippen LogP contribution in [0.25, 0.3) is 0 Å². The molecule has 0 bridgehead atoms. The number of hydrogen-bond donors (Lipinski definition) is 3. The van der Waals surface area contributed by atoms with Crippen molar-refractivity contribution in [1.29, 1.82) is 0 Å². The van der Waals surface area contributed by atoms with Gasteiger partial charge in [-0.1, -0.05) is 42.5 Å². The topological polar surface area (TPSA) is 78.8 Å². The average molecular weight is 387 g/mol. The van der Waals surface area contributed by atoms with Crippen LogP contribution in [-0.2, 0) is 16.1 Å². The molecule has 1 saturated carbocycles. The summed E-state index contributed by atoms with van der Waals surface area (Å²) in [6, 6.07) is 15.2. The highest BCUT2D eigenvalue weighted by Crippen LogP contribution is 2.36. The van der Waals surface area contributed by atoms with E-state index < -0.39 is 17.6 Å². The van der Waals surface area contributed by atoms with E-state index in [0.29, 0.717) is 19.4 Å². The van der Waals surface area contributed by atoms with Crippen molar-refractivity contribution in [3.05, 3.63) is 71.5 Å². The summed E-state index contributed by atoms with van der Waals surface area (Å²) in [6.07, 6.45) is 1.29. The first-order chi connectivity index (χ1) is 13.5. The fourth-order valence-corrected chi connectivity index (χ4v) is 3.39. The minimum absolute atomic E-state index is 0.00671. The zero-order chi connectivity index (χ0) is 20.0. The summed E-state index contributed by atoms with van der Waals surface area (Å²) in [5.41, 5.74) is 0.324. The molecule has 2 aromatic rings. The standard InChI is InChI=1S/C22H26FNO4/c23-18-10-8-17(9-11-18)20(7-4-12-25)24-21(26)22(27)13-19(14-22)28-15-16-5-2-1-3-6-16/h1-3,5-6,8-11,19-20,25,27H,4,7,12-15H2,(H,24,26)/t19?,20-,22?/m0/s1. The molecule has 0 heterocycles. The molecule has 0 saturated heterocycles. The summed E-state index contributed by atoms with van der Waals surface area (Å²) in [7, 11) is 0. The second-order valence-corrected chi connectivity index (χ2v) is 7.30. The number of amides is 1. The molecule has 0 spiro atoms. The maximum absolute atomic E-state index is 13.2. The number of aliphatic hydroxyl groups excluding tert-OH is 1. The van der Waals surface area contributed by atoms with E-state index in [0.717, 1.165) is 11.1 Å². The molecule has 0 radical (unpaired) electrons. The minimum Gasteiger partial charge on any atom is -0.396 e. The molecule has 1 aliphatic rings. The van der Waals surface area contributed by atoms with Crippen LogP contribution in [0.3, 0.4) is 0 Å². The molecule has 0 aliphatic heterocycles. The molecule has 1 fully saturated rings. The van der Waals surface area contributed by atoms with Crippen LogP contribution in [0.5, 0.6) is 0 Å². The van der Waals surface area contributed by atoms with Crippen molar-refractivity contribution in [1.82, 2.24) is 5.32 Å². The second kappa shape index (κ2) is 9.28. The van der Waals surface area contributed by atoms with Crippen molar-refractivity contribution in [2.75, 3.05) is 6.61 Å². The lowest BCUT2D eigenvalue weighted by molar-refractivity contribution is -0.173. The Kier molecular flexibility index (Phi) is 6.78. The molecule has 28 heavy (non-hydrogen) atoms. The number of benzene rings is 2. The van der Waals surface area contributed by atoms with Crippen LogP contribution in [-0.4, -0.2) is 34.4 Å². The Hall–Kier alpha value is -2.28. The van der Waals surface area contributed by atoms with Crippen molar-refractivity contribution in [3.63, 3.8) is 0 Å². The van der Waals surface area contributed by atoms with Crippen LogP contribution in [0.15, 0.2) is 54.6 Å². The van der Waals surface area contributed by atoms with E-state index in [2.05, 4.69) is 5.32 Å². The zero-order valence-corrected chi connectivity index (χ0v) is 15.7. The molecule has 1 atom stereocenters. The van der Waals surface area contributed by atoms with Gasteiger partial charge >= 0.3 is 0 Å². The van der Waals surface area contributed by atoms with E-state index in [1.165, 1.54) is 12.1 Å². The highest BCUT2D eigenvalue weighted by atomic mass is 19.1. The number of nitrogens with one attached hydrogen (secondary N) is 1. The largest absolute Gasteiger partial charge is 0.396 e. The van der Waals surface area contributed by atoms with Crippen LogP contribution in [0.4, 0.5) is 4.39 Å². The van der Waals surface area contributed by atoms with Crippen LogP contribution in [0, 0.1) is 5.82 Å². The molecule has 2 aromatic carbocycles. The number of carbonyl (C=O) groups is 1. The minimum atomic E-state index is -1.46. The SMILES string of the molecule is O=C(N[C@@H](CCCO)c1ccc(F)cc1)C1(O)CC(OCc2ccccc2)C1. The number of rotatable bonds is 9. The zero-order valence-electron chi connectivity index (χ0n) is 15.7. The number of hydrogen-bond acceptors (Lipinski definition) is 4. The van der Waals surface area contributed by atoms with Crippen LogP contribution in [0.1, 0.15) is 42.9 Å². The van der Waals surface area contributed by atoms with Crippen LogP contribution >= 0.6 is 0 Å². The van der Waals surface area contributed by atoms with Gasteiger partial charge in [-0.3, -0.25) is 4.79 Å². The Balaban J connectivity index is 1.54. The van der Waals surface area contributed by atoms with Gasteiger partial charge in [-0.05, 0) is 36.1 Å². The monoisotopic (exact) mass is 387 g/mol. The normalized spacial score (nSPS) is 22.3.